The average molecular weight is 516 g/mol. The fourth-order valence-corrected chi connectivity index (χ4v) is 6.73. The second-order valence-electron chi connectivity index (χ2n) is 16.0. The third-order valence-corrected chi connectivity index (χ3v) is 10.7. The van der Waals surface area contributed by atoms with Gasteiger partial charge in [0.25, 0.3) is 0 Å². The zero-order chi connectivity index (χ0) is 28.1. The van der Waals surface area contributed by atoms with E-state index in [0.717, 1.165) is 16.8 Å². The molecule has 2 aromatic rings. The number of anilines is 2. The highest BCUT2D eigenvalue weighted by Gasteiger charge is 2.53. The fourth-order valence-electron chi connectivity index (χ4n) is 6.73. The van der Waals surface area contributed by atoms with E-state index in [2.05, 4.69) is 119 Å². The molecule has 1 saturated heterocycles. The topological polar surface area (TPSA) is 30.5 Å². The van der Waals surface area contributed by atoms with Crippen LogP contribution in [0.5, 0.6) is 0 Å². The van der Waals surface area contributed by atoms with Crippen LogP contribution in [0, 0.1) is 0 Å². The number of benzene rings is 2. The Morgan fingerprint density at radius 1 is 0.553 bits per heavy atom. The van der Waals surface area contributed by atoms with E-state index in [0.29, 0.717) is 0 Å². The highest BCUT2D eigenvalue weighted by molar-refractivity contribution is 6.64. The second kappa shape index (κ2) is 8.37. The molecule has 1 heterocycles. The second-order valence-corrected chi connectivity index (χ2v) is 16.0. The minimum atomic E-state index is -0.415. The molecule has 5 rings (SSSR count). The van der Waals surface area contributed by atoms with Crippen molar-refractivity contribution >= 4 is 24.0 Å². The molecule has 0 amide bonds. The van der Waals surface area contributed by atoms with Gasteiger partial charge in [0.15, 0.2) is 0 Å². The Morgan fingerprint density at radius 3 is 1.47 bits per heavy atom. The molecule has 38 heavy (non-hydrogen) atoms. The van der Waals surface area contributed by atoms with Gasteiger partial charge in [0, 0.05) is 16.8 Å². The predicted molar refractivity (Wildman–Crippen MR) is 162 cm³/mol. The van der Waals surface area contributed by atoms with Crippen molar-refractivity contribution < 1.29 is 9.31 Å². The summed E-state index contributed by atoms with van der Waals surface area (Å²) in [4.78, 5) is 0. The van der Waals surface area contributed by atoms with Gasteiger partial charge in [0.2, 0.25) is 0 Å². The van der Waals surface area contributed by atoms with Crippen LogP contribution in [0.3, 0.4) is 0 Å². The largest absolute Gasteiger partial charge is 0.496 e. The SMILES string of the molecule is CC1(C)CCC(C)(C)c2cc(Nc3cc4c(cc3B3OC(C)(C)C(C)(C)O3)C(C)(C)CCC4(C)C)ccc21. The lowest BCUT2D eigenvalue weighted by Gasteiger charge is -2.43. The van der Waals surface area contributed by atoms with Crippen molar-refractivity contribution in [3.63, 3.8) is 0 Å². The Kier molecular flexibility index (Phi) is 6.12. The number of rotatable bonds is 3. The van der Waals surface area contributed by atoms with E-state index < -0.39 is 7.12 Å². The summed E-state index contributed by atoms with van der Waals surface area (Å²) in [7, 11) is -0.415. The molecule has 0 unspecified atom stereocenters. The van der Waals surface area contributed by atoms with Gasteiger partial charge in [-0.25, -0.2) is 0 Å². The lowest BCUT2D eigenvalue weighted by Crippen LogP contribution is -2.41. The number of fused-ring (bicyclic) bond motifs is 2. The van der Waals surface area contributed by atoms with Crippen LogP contribution in [0.1, 0.15) is 131 Å². The van der Waals surface area contributed by atoms with E-state index in [1.54, 1.807) is 0 Å². The van der Waals surface area contributed by atoms with Gasteiger partial charge >= 0.3 is 7.12 Å². The number of hydrogen-bond donors (Lipinski definition) is 1. The number of nitrogens with one attached hydrogen (secondary N) is 1. The maximum Gasteiger partial charge on any atom is 0.496 e. The van der Waals surface area contributed by atoms with E-state index in [1.807, 2.05) is 0 Å². The maximum atomic E-state index is 6.63. The van der Waals surface area contributed by atoms with Gasteiger partial charge in [-0.15, -0.1) is 0 Å². The molecule has 4 heteroatoms. The zero-order valence-corrected chi connectivity index (χ0v) is 26.1. The maximum absolute atomic E-state index is 6.63. The summed E-state index contributed by atoms with van der Waals surface area (Å²) < 4.78 is 13.3. The smallest absolute Gasteiger partial charge is 0.399 e. The van der Waals surface area contributed by atoms with Crippen molar-refractivity contribution in [3.05, 3.63) is 52.6 Å². The molecule has 0 saturated carbocycles. The quantitative estimate of drug-likeness (QED) is 0.416. The first kappa shape index (κ1) is 27.8. The van der Waals surface area contributed by atoms with E-state index >= 15 is 0 Å². The summed E-state index contributed by atoms with van der Waals surface area (Å²) in [5.74, 6) is 0. The van der Waals surface area contributed by atoms with Gasteiger partial charge in [-0.2, -0.15) is 0 Å². The van der Waals surface area contributed by atoms with E-state index in [1.165, 1.54) is 47.9 Å². The minimum Gasteiger partial charge on any atom is -0.399 e. The van der Waals surface area contributed by atoms with Crippen molar-refractivity contribution in [1.29, 1.82) is 0 Å². The predicted octanol–water partition coefficient (Wildman–Crippen LogP) is 8.43. The molecule has 0 spiro atoms. The van der Waals surface area contributed by atoms with Crippen LogP contribution >= 0.6 is 0 Å². The average Bonchev–Trinajstić information content (AvgIpc) is 3.01. The first-order chi connectivity index (χ1) is 17.3. The summed E-state index contributed by atoms with van der Waals surface area (Å²) in [6.45, 7) is 27.7. The molecule has 206 valence electrons. The van der Waals surface area contributed by atoms with Crippen LogP contribution in [0.15, 0.2) is 30.3 Å². The number of hydrogen-bond acceptors (Lipinski definition) is 3. The molecule has 0 radical (unpaired) electrons. The first-order valence-electron chi connectivity index (χ1n) is 14.7. The summed E-state index contributed by atoms with van der Waals surface area (Å²) >= 11 is 0. The van der Waals surface area contributed by atoms with Gasteiger partial charge in [-0.1, -0.05) is 67.5 Å². The molecule has 3 nitrogen and oxygen atoms in total. The van der Waals surface area contributed by atoms with Crippen molar-refractivity contribution in [2.45, 2.75) is 142 Å². The van der Waals surface area contributed by atoms with E-state index in [-0.39, 0.29) is 32.9 Å². The lowest BCUT2D eigenvalue weighted by atomic mass is 9.61. The molecule has 1 N–H and O–H groups in total. The standard InChI is InChI=1S/C34H50BNO2/c1-29(2)15-16-30(3,4)24-19-22(13-14-23(24)29)36-28-21-26-25(31(5,6)17-18-32(26,7)8)20-27(28)35-37-33(9,10)34(11,12)38-35/h13-14,19-21,36H,15-18H2,1-12H3. The van der Waals surface area contributed by atoms with Crippen molar-refractivity contribution in [3.8, 4) is 0 Å². The van der Waals surface area contributed by atoms with Crippen LogP contribution in [0.25, 0.3) is 0 Å². The third kappa shape index (κ3) is 4.44. The highest BCUT2D eigenvalue weighted by atomic mass is 16.7. The highest BCUT2D eigenvalue weighted by Crippen LogP contribution is 2.49. The van der Waals surface area contributed by atoms with Crippen LogP contribution < -0.4 is 10.8 Å². The Bertz CT molecular complexity index is 1250. The van der Waals surface area contributed by atoms with Crippen molar-refractivity contribution in [2.24, 2.45) is 0 Å². The Hall–Kier alpha value is -1.78. The molecule has 0 atom stereocenters. The molecule has 3 aliphatic rings. The van der Waals surface area contributed by atoms with Crippen LogP contribution in [-0.2, 0) is 31.0 Å². The first-order valence-corrected chi connectivity index (χ1v) is 14.7. The van der Waals surface area contributed by atoms with Crippen molar-refractivity contribution in [2.75, 3.05) is 5.32 Å². The monoisotopic (exact) mass is 515 g/mol. The molecular weight excluding hydrogens is 465 g/mol. The summed E-state index contributed by atoms with van der Waals surface area (Å²) in [6, 6.07) is 11.8. The van der Waals surface area contributed by atoms with Crippen molar-refractivity contribution in [1.82, 2.24) is 0 Å². The van der Waals surface area contributed by atoms with E-state index in [4.69, 9.17) is 9.31 Å². The van der Waals surface area contributed by atoms with Crippen LogP contribution in [-0.4, -0.2) is 18.3 Å². The molecule has 0 aromatic heterocycles. The molecular formula is C34H50BNO2. The lowest BCUT2D eigenvalue weighted by molar-refractivity contribution is 0.00578. The summed E-state index contributed by atoms with van der Waals surface area (Å²) in [5, 5.41) is 3.87. The van der Waals surface area contributed by atoms with Crippen LogP contribution in [0.2, 0.25) is 0 Å². The summed E-state index contributed by atoms with van der Waals surface area (Å²) in [5.41, 5.74) is 8.99. The minimum absolute atomic E-state index is 0.114. The van der Waals surface area contributed by atoms with Gasteiger partial charge in [0.1, 0.15) is 0 Å². The Labute approximate surface area is 232 Å². The molecule has 2 aliphatic carbocycles. The Balaban J connectivity index is 1.65. The Morgan fingerprint density at radius 2 is 0.974 bits per heavy atom. The fraction of sp³-hybridized carbons (Fsp3) is 0.647. The molecule has 2 aromatic carbocycles. The molecule has 0 bridgehead atoms. The zero-order valence-electron chi connectivity index (χ0n) is 26.1. The van der Waals surface area contributed by atoms with Gasteiger partial charge in [-0.3, -0.25) is 0 Å². The third-order valence-electron chi connectivity index (χ3n) is 10.7. The normalized spacial score (nSPS) is 25.4. The summed E-state index contributed by atoms with van der Waals surface area (Å²) in [6.07, 6.45) is 4.79. The molecule has 1 aliphatic heterocycles. The van der Waals surface area contributed by atoms with Gasteiger partial charge in [0.05, 0.1) is 11.2 Å². The van der Waals surface area contributed by atoms with Gasteiger partial charge in [-0.05, 0) is 115 Å². The molecule has 1 fully saturated rings. The van der Waals surface area contributed by atoms with E-state index in [9.17, 15) is 0 Å². The van der Waals surface area contributed by atoms with Crippen LogP contribution in [0.4, 0.5) is 11.4 Å². The van der Waals surface area contributed by atoms with Gasteiger partial charge < -0.3 is 14.6 Å².